The smallest absolute Gasteiger partial charge is 0.200 e. The molecule has 2 aliphatic rings. The number of carbonyl (C=O) groups is 2. The third-order valence-electron chi connectivity index (χ3n) is 3.71. The molecule has 0 N–H and O–H groups in total. The summed E-state index contributed by atoms with van der Waals surface area (Å²) in [6.45, 7) is 2.77. The molecule has 4 nitrogen and oxygen atoms in total. The van der Waals surface area contributed by atoms with Gasteiger partial charge in [-0.1, -0.05) is 11.6 Å². The largest absolute Gasteiger partial charge is 0.501 e. The molecule has 0 radical (unpaired) electrons. The Morgan fingerprint density at radius 1 is 1.43 bits per heavy atom. The van der Waals surface area contributed by atoms with E-state index in [1.807, 2.05) is 6.92 Å². The van der Waals surface area contributed by atoms with E-state index in [0.29, 0.717) is 34.4 Å². The Bertz CT molecular complexity index is 679. The summed E-state index contributed by atoms with van der Waals surface area (Å²) in [5.41, 5.74) is 0.569. The highest BCUT2D eigenvalue weighted by Crippen LogP contribution is 2.42. The van der Waals surface area contributed by atoms with Crippen molar-refractivity contribution in [3.63, 3.8) is 0 Å². The molecular formula is C17H17ClO4S. The van der Waals surface area contributed by atoms with E-state index in [1.165, 1.54) is 18.0 Å². The van der Waals surface area contributed by atoms with Crippen molar-refractivity contribution in [2.45, 2.75) is 24.7 Å². The van der Waals surface area contributed by atoms with Gasteiger partial charge in [-0.3, -0.25) is 9.59 Å². The molecule has 1 fully saturated rings. The minimum atomic E-state index is -0.318. The average Bonchev–Trinajstić information content (AvgIpc) is 3.40. The van der Waals surface area contributed by atoms with Gasteiger partial charge < -0.3 is 9.47 Å². The van der Waals surface area contributed by atoms with E-state index in [-0.39, 0.29) is 23.1 Å². The van der Waals surface area contributed by atoms with Gasteiger partial charge in [0.25, 0.3) is 0 Å². The van der Waals surface area contributed by atoms with Crippen LogP contribution in [0.4, 0.5) is 0 Å². The number of hydrogen-bond acceptors (Lipinski definition) is 5. The number of hydrogen-bond donors (Lipinski definition) is 0. The zero-order chi connectivity index (χ0) is 16.4. The second kappa shape index (κ2) is 6.97. The van der Waals surface area contributed by atoms with E-state index >= 15 is 0 Å². The molecule has 0 saturated heterocycles. The Hall–Kier alpha value is -1.46. The molecule has 23 heavy (non-hydrogen) atoms. The van der Waals surface area contributed by atoms with Crippen LogP contribution in [0.2, 0.25) is 5.02 Å². The summed E-state index contributed by atoms with van der Waals surface area (Å²) in [4.78, 5) is 26.1. The summed E-state index contributed by atoms with van der Waals surface area (Å²) < 4.78 is 10.8. The number of halogens is 1. The third-order valence-corrected chi connectivity index (χ3v) is 5.07. The molecule has 1 saturated carbocycles. The number of allylic oxidation sites excluding steroid dienone is 1. The molecule has 1 aromatic rings. The van der Waals surface area contributed by atoms with Crippen LogP contribution in [0, 0.1) is 5.92 Å². The van der Waals surface area contributed by atoms with Gasteiger partial charge in [0.1, 0.15) is 5.57 Å². The molecular weight excluding hydrogens is 336 g/mol. The Labute approximate surface area is 144 Å². The van der Waals surface area contributed by atoms with Gasteiger partial charge >= 0.3 is 0 Å². The molecule has 3 rings (SSSR count). The van der Waals surface area contributed by atoms with Crippen LogP contribution in [0.5, 0.6) is 5.75 Å². The van der Waals surface area contributed by atoms with Gasteiger partial charge in [-0.15, -0.1) is 11.8 Å². The molecule has 0 unspecified atom stereocenters. The molecule has 0 aromatic heterocycles. The second-order valence-corrected chi connectivity index (χ2v) is 6.92. The predicted molar refractivity (Wildman–Crippen MR) is 89.4 cm³/mol. The molecule has 0 amide bonds. The zero-order valence-electron chi connectivity index (χ0n) is 12.8. The van der Waals surface area contributed by atoms with Gasteiger partial charge in [0.15, 0.2) is 11.5 Å². The van der Waals surface area contributed by atoms with Crippen molar-refractivity contribution in [3.05, 3.63) is 34.6 Å². The van der Waals surface area contributed by atoms with E-state index < -0.39 is 0 Å². The number of fused-ring (bicyclic) bond motifs is 1. The van der Waals surface area contributed by atoms with Crippen molar-refractivity contribution in [2.24, 2.45) is 5.92 Å². The first kappa shape index (κ1) is 16.4. The lowest BCUT2D eigenvalue weighted by molar-refractivity contribution is -0.116. The van der Waals surface area contributed by atoms with Crippen LogP contribution in [0.1, 0.15) is 30.1 Å². The molecule has 1 heterocycles. The molecule has 6 heteroatoms. The number of rotatable bonds is 6. The van der Waals surface area contributed by atoms with Gasteiger partial charge in [0.05, 0.1) is 29.4 Å². The maximum atomic E-state index is 12.9. The van der Waals surface area contributed by atoms with E-state index in [0.717, 1.165) is 18.6 Å². The summed E-state index contributed by atoms with van der Waals surface area (Å²) in [6, 6.07) is 3.30. The molecule has 122 valence electrons. The van der Waals surface area contributed by atoms with Crippen molar-refractivity contribution in [2.75, 3.05) is 19.0 Å². The van der Waals surface area contributed by atoms with Crippen LogP contribution in [-0.4, -0.2) is 30.5 Å². The normalized spacial score (nSPS) is 17.2. The lowest BCUT2D eigenvalue weighted by Crippen LogP contribution is -2.18. The summed E-state index contributed by atoms with van der Waals surface area (Å²) in [5.74, 6) is 0.783. The highest BCUT2D eigenvalue weighted by molar-refractivity contribution is 7.99. The first-order valence-corrected chi connectivity index (χ1v) is 8.98. The first-order valence-electron chi connectivity index (χ1n) is 7.62. The fraction of sp³-hybridized carbons (Fsp3) is 0.412. The van der Waals surface area contributed by atoms with Gasteiger partial charge in [0.2, 0.25) is 5.78 Å². The van der Waals surface area contributed by atoms with Crippen molar-refractivity contribution < 1.29 is 19.1 Å². The molecule has 0 spiro atoms. The van der Waals surface area contributed by atoms with Gasteiger partial charge in [-0.05, 0) is 31.9 Å². The standard InChI is InChI=1S/C17H17ClO4S/c1-2-21-9-12(14(19)10-3-4-10)15(20)11-5-6-13(18)16-17(11)23-8-7-22-16/h5-6,9-10H,2-4,7-8H2,1H3. The van der Waals surface area contributed by atoms with Crippen molar-refractivity contribution >= 4 is 34.9 Å². The van der Waals surface area contributed by atoms with E-state index in [2.05, 4.69) is 0 Å². The van der Waals surface area contributed by atoms with Crippen molar-refractivity contribution in [3.8, 4) is 5.75 Å². The third kappa shape index (κ3) is 3.40. The number of carbonyl (C=O) groups excluding carboxylic acids is 2. The van der Waals surface area contributed by atoms with Gasteiger partial charge in [-0.2, -0.15) is 0 Å². The molecule has 0 atom stereocenters. The quantitative estimate of drug-likeness (QED) is 0.255. The Morgan fingerprint density at radius 3 is 2.91 bits per heavy atom. The van der Waals surface area contributed by atoms with Crippen LogP contribution in [-0.2, 0) is 9.53 Å². The fourth-order valence-corrected chi connectivity index (χ4v) is 3.64. The van der Waals surface area contributed by atoms with Gasteiger partial charge in [0, 0.05) is 17.2 Å². The highest BCUT2D eigenvalue weighted by Gasteiger charge is 2.36. The average molecular weight is 353 g/mol. The summed E-state index contributed by atoms with van der Waals surface area (Å²) in [6.07, 6.45) is 2.98. The van der Waals surface area contributed by atoms with Gasteiger partial charge in [-0.25, -0.2) is 0 Å². The number of Topliss-reactive ketones (excluding diaryl/α,β-unsaturated/α-hetero) is 2. The second-order valence-electron chi connectivity index (χ2n) is 5.40. The van der Waals surface area contributed by atoms with E-state index in [9.17, 15) is 9.59 Å². The number of thioether (sulfide) groups is 1. The lowest BCUT2D eigenvalue weighted by Gasteiger charge is -2.20. The van der Waals surface area contributed by atoms with Crippen LogP contribution in [0.3, 0.4) is 0 Å². The number of ether oxygens (including phenoxy) is 2. The fourth-order valence-electron chi connectivity index (χ4n) is 2.38. The monoisotopic (exact) mass is 352 g/mol. The topological polar surface area (TPSA) is 52.6 Å². The number of ketones is 2. The molecule has 0 bridgehead atoms. The summed E-state index contributed by atoms with van der Waals surface area (Å²) >= 11 is 7.67. The Kier molecular flexibility index (Phi) is 4.97. The van der Waals surface area contributed by atoms with Crippen molar-refractivity contribution in [1.82, 2.24) is 0 Å². The summed E-state index contributed by atoms with van der Waals surface area (Å²) in [7, 11) is 0. The van der Waals surface area contributed by atoms with E-state index in [1.54, 1.807) is 12.1 Å². The summed E-state index contributed by atoms with van der Waals surface area (Å²) in [5, 5.41) is 0.479. The maximum absolute atomic E-state index is 12.9. The lowest BCUT2D eigenvalue weighted by atomic mass is 9.98. The Balaban J connectivity index is 1.98. The van der Waals surface area contributed by atoms with Crippen LogP contribution in [0.15, 0.2) is 28.9 Å². The van der Waals surface area contributed by atoms with E-state index in [4.69, 9.17) is 21.1 Å². The van der Waals surface area contributed by atoms with Crippen LogP contribution >= 0.6 is 23.4 Å². The van der Waals surface area contributed by atoms with Crippen molar-refractivity contribution in [1.29, 1.82) is 0 Å². The zero-order valence-corrected chi connectivity index (χ0v) is 14.3. The van der Waals surface area contributed by atoms with Crippen LogP contribution in [0.25, 0.3) is 0 Å². The predicted octanol–water partition coefficient (Wildman–Crippen LogP) is 3.91. The Morgan fingerprint density at radius 2 is 2.22 bits per heavy atom. The minimum Gasteiger partial charge on any atom is -0.501 e. The minimum absolute atomic E-state index is 0.0438. The maximum Gasteiger partial charge on any atom is 0.200 e. The molecule has 1 aliphatic carbocycles. The van der Waals surface area contributed by atoms with Crippen LogP contribution < -0.4 is 4.74 Å². The first-order chi connectivity index (χ1) is 11.1. The SMILES string of the molecule is CCOC=C(C(=O)c1ccc(Cl)c2c1SCCO2)C(=O)C1CC1. The molecule has 1 aromatic carbocycles. The number of benzene rings is 1. The highest BCUT2D eigenvalue weighted by atomic mass is 35.5. The molecule has 1 aliphatic heterocycles.